The van der Waals surface area contributed by atoms with Crippen molar-refractivity contribution < 1.29 is 4.79 Å². The molecule has 4 nitrogen and oxygen atoms in total. The third-order valence-electron chi connectivity index (χ3n) is 4.76. The number of piperidine rings is 1. The van der Waals surface area contributed by atoms with Crippen LogP contribution < -0.4 is 10.6 Å². The maximum Gasteiger partial charge on any atom is 0.220 e. The fraction of sp³-hybridized carbons (Fsp3) is 0.938. The highest BCUT2D eigenvalue weighted by Gasteiger charge is 2.41. The molecule has 0 aromatic heterocycles. The van der Waals surface area contributed by atoms with E-state index >= 15 is 0 Å². The molecule has 2 rings (SSSR count). The zero-order valence-electron chi connectivity index (χ0n) is 13.8. The van der Waals surface area contributed by atoms with Crippen molar-refractivity contribution in [3.05, 3.63) is 0 Å². The van der Waals surface area contributed by atoms with Crippen molar-refractivity contribution >= 4 is 5.91 Å². The predicted molar refractivity (Wildman–Crippen MR) is 82.7 cm³/mol. The highest BCUT2D eigenvalue weighted by Crippen LogP contribution is 2.34. The number of nitrogens with one attached hydrogen (secondary N) is 2. The number of amides is 1. The van der Waals surface area contributed by atoms with Gasteiger partial charge in [-0.3, -0.25) is 9.69 Å². The molecule has 1 amide bonds. The molecule has 2 N–H and O–H groups in total. The van der Waals surface area contributed by atoms with E-state index in [0.29, 0.717) is 18.4 Å². The van der Waals surface area contributed by atoms with Crippen molar-refractivity contribution in [1.29, 1.82) is 0 Å². The first-order chi connectivity index (χ1) is 9.21. The van der Waals surface area contributed by atoms with Crippen molar-refractivity contribution in [2.45, 2.75) is 70.5 Å². The lowest BCUT2D eigenvalue weighted by Crippen LogP contribution is -2.62. The largest absolute Gasteiger partial charge is 0.359 e. The molecule has 2 aliphatic rings. The van der Waals surface area contributed by atoms with Gasteiger partial charge >= 0.3 is 0 Å². The van der Waals surface area contributed by atoms with Crippen LogP contribution in [0.25, 0.3) is 0 Å². The lowest BCUT2D eigenvalue weighted by Gasteiger charge is -2.49. The number of hydrogen-bond acceptors (Lipinski definition) is 3. The van der Waals surface area contributed by atoms with Gasteiger partial charge in [0.1, 0.15) is 0 Å². The molecule has 0 aliphatic carbocycles. The van der Waals surface area contributed by atoms with Crippen molar-refractivity contribution in [3.8, 4) is 0 Å². The maximum atomic E-state index is 11.5. The van der Waals surface area contributed by atoms with Gasteiger partial charge in [-0.2, -0.15) is 0 Å². The number of rotatable bonds is 3. The molecule has 20 heavy (non-hydrogen) atoms. The predicted octanol–water partition coefficient (Wildman–Crippen LogP) is 1.75. The minimum absolute atomic E-state index is 0.183. The topological polar surface area (TPSA) is 44.4 Å². The lowest BCUT2D eigenvalue weighted by atomic mass is 9.79. The van der Waals surface area contributed by atoms with Crippen LogP contribution in [0.4, 0.5) is 0 Å². The highest BCUT2D eigenvalue weighted by atomic mass is 16.1. The molecule has 0 spiro atoms. The standard InChI is InChI=1S/C16H31N3O/c1-15(2)9-13(10-16(3,4)18-15)19-7-6-12(11-19)8-14(20)17-5/h12-13,18H,6-11H2,1-5H3,(H,17,20). The van der Waals surface area contributed by atoms with Gasteiger partial charge < -0.3 is 10.6 Å². The molecule has 0 bridgehead atoms. The lowest BCUT2D eigenvalue weighted by molar-refractivity contribution is -0.121. The van der Waals surface area contributed by atoms with E-state index in [1.165, 1.54) is 12.8 Å². The molecular formula is C16H31N3O. The monoisotopic (exact) mass is 281 g/mol. The fourth-order valence-electron chi connectivity index (χ4n) is 4.25. The van der Waals surface area contributed by atoms with Gasteiger partial charge in [-0.15, -0.1) is 0 Å². The van der Waals surface area contributed by atoms with Crippen LogP contribution in [0.15, 0.2) is 0 Å². The Bertz CT molecular complexity index is 349. The molecule has 2 heterocycles. The van der Waals surface area contributed by atoms with Crippen LogP contribution >= 0.6 is 0 Å². The Morgan fingerprint density at radius 1 is 1.25 bits per heavy atom. The summed E-state index contributed by atoms with van der Waals surface area (Å²) in [5, 5.41) is 6.49. The van der Waals surface area contributed by atoms with E-state index < -0.39 is 0 Å². The molecule has 2 saturated heterocycles. The van der Waals surface area contributed by atoms with Gasteiger partial charge in [0.2, 0.25) is 5.91 Å². The van der Waals surface area contributed by atoms with E-state index in [0.717, 1.165) is 19.5 Å². The molecular weight excluding hydrogens is 250 g/mol. The number of carbonyl (C=O) groups excluding carboxylic acids is 1. The zero-order valence-corrected chi connectivity index (χ0v) is 13.8. The second kappa shape index (κ2) is 5.64. The van der Waals surface area contributed by atoms with Crippen molar-refractivity contribution in [1.82, 2.24) is 15.5 Å². The van der Waals surface area contributed by atoms with Crippen LogP contribution in [0.5, 0.6) is 0 Å². The van der Waals surface area contributed by atoms with Crippen LogP contribution in [0, 0.1) is 5.92 Å². The smallest absolute Gasteiger partial charge is 0.220 e. The molecule has 2 fully saturated rings. The Kier molecular flexibility index (Phi) is 4.45. The molecule has 1 atom stereocenters. The van der Waals surface area contributed by atoms with Gasteiger partial charge in [0.05, 0.1) is 0 Å². The quantitative estimate of drug-likeness (QED) is 0.828. The third kappa shape index (κ3) is 3.95. The summed E-state index contributed by atoms with van der Waals surface area (Å²) >= 11 is 0. The summed E-state index contributed by atoms with van der Waals surface area (Å²) in [6.07, 6.45) is 4.25. The zero-order chi connectivity index (χ0) is 15.0. The summed E-state index contributed by atoms with van der Waals surface area (Å²) in [4.78, 5) is 14.1. The summed E-state index contributed by atoms with van der Waals surface area (Å²) in [6, 6.07) is 0.649. The van der Waals surface area contributed by atoms with Crippen LogP contribution in [0.1, 0.15) is 53.4 Å². The van der Waals surface area contributed by atoms with E-state index in [9.17, 15) is 4.79 Å². The average Bonchev–Trinajstić information content (AvgIpc) is 2.73. The Hall–Kier alpha value is -0.610. The SMILES string of the molecule is CNC(=O)CC1CCN(C2CC(C)(C)NC(C)(C)C2)C1. The van der Waals surface area contributed by atoms with Crippen LogP contribution in [0.2, 0.25) is 0 Å². The summed E-state index contributed by atoms with van der Waals surface area (Å²) in [7, 11) is 1.73. The van der Waals surface area contributed by atoms with Crippen molar-refractivity contribution in [3.63, 3.8) is 0 Å². The van der Waals surface area contributed by atoms with Gasteiger partial charge in [0, 0.05) is 37.1 Å². The molecule has 4 heteroatoms. The Labute approximate surface area is 123 Å². The molecule has 2 aliphatic heterocycles. The van der Waals surface area contributed by atoms with Gasteiger partial charge in [-0.05, 0) is 59.4 Å². The molecule has 0 saturated carbocycles. The molecule has 116 valence electrons. The van der Waals surface area contributed by atoms with E-state index in [1.54, 1.807) is 7.05 Å². The van der Waals surface area contributed by atoms with E-state index in [1.807, 2.05) is 0 Å². The first kappa shape index (κ1) is 15.8. The van der Waals surface area contributed by atoms with Crippen molar-refractivity contribution in [2.75, 3.05) is 20.1 Å². The average molecular weight is 281 g/mol. The van der Waals surface area contributed by atoms with Crippen LogP contribution in [0.3, 0.4) is 0 Å². The fourth-order valence-corrected chi connectivity index (χ4v) is 4.25. The Morgan fingerprint density at radius 2 is 1.85 bits per heavy atom. The van der Waals surface area contributed by atoms with Crippen LogP contribution in [-0.4, -0.2) is 48.1 Å². The molecule has 0 radical (unpaired) electrons. The Morgan fingerprint density at radius 3 is 2.40 bits per heavy atom. The summed E-state index contributed by atoms with van der Waals surface area (Å²) < 4.78 is 0. The number of carbonyl (C=O) groups is 1. The maximum absolute atomic E-state index is 11.5. The van der Waals surface area contributed by atoms with Crippen molar-refractivity contribution in [2.24, 2.45) is 5.92 Å². The second-order valence-electron chi connectivity index (χ2n) is 7.98. The molecule has 0 aromatic carbocycles. The summed E-state index contributed by atoms with van der Waals surface area (Å²) in [5.41, 5.74) is 0.399. The van der Waals surface area contributed by atoms with Gasteiger partial charge in [0.15, 0.2) is 0 Å². The highest BCUT2D eigenvalue weighted by molar-refractivity contribution is 5.75. The van der Waals surface area contributed by atoms with Gasteiger partial charge in [-0.25, -0.2) is 0 Å². The minimum atomic E-state index is 0.183. The normalized spacial score (nSPS) is 30.4. The van der Waals surface area contributed by atoms with Gasteiger partial charge in [0.25, 0.3) is 0 Å². The minimum Gasteiger partial charge on any atom is -0.359 e. The van der Waals surface area contributed by atoms with E-state index in [2.05, 4.69) is 43.2 Å². The first-order valence-electron chi connectivity index (χ1n) is 7.95. The number of hydrogen-bond donors (Lipinski definition) is 2. The van der Waals surface area contributed by atoms with E-state index in [4.69, 9.17) is 0 Å². The molecule has 0 aromatic rings. The second-order valence-corrected chi connectivity index (χ2v) is 7.98. The van der Waals surface area contributed by atoms with Gasteiger partial charge in [-0.1, -0.05) is 0 Å². The van der Waals surface area contributed by atoms with Crippen LogP contribution in [-0.2, 0) is 4.79 Å². The summed E-state index contributed by atoms with van der Waals surface area (Å²) in [6.45, 7) is 11.5. The third-order valence-corrected chi connectivity index (χ3v) is 4.76. The first-order valence-corrected chi connectivity index (χ1v) is 7.95. The Balaban J connectivity index is 1.94. The number of nitrogens with zero attached hydrogens (tertiary/aromatic N) is 1. The molecule has 1 unspecified atom stereocenters. The van der Waals surface area contributed by atoms with E-state index in [-0.39, 0.29) is 17.0 Å². The number of likely N-dealkylation sites (tertiary alicyclic amines) is 1. The summed E-state index contributed by atoms with van der Waals surface area (Å²) in [5.74, 6) is 0.721.